The highest BCUT2D eigenvalue weighted by Crippen LogP contribution is 2.27. The number of carboxylic acid groups (broad SMARTS) is 1. The highest BCUT2D eigenvalue weighted by molar-refractivity contribution is 5.74. The Balaban J connectivity index is 2.24. The zero-order chi connectivity index (χ0) is 14.3. The van der Waals surface area contributed by atoms with Crippen LogP contribution in [0.4, 0.5) is 4.79 Å². The molecule has 2 atom stereocenters. The average Bonchev–Trinajstić information content (AvgIpc) is 2.87. The molecule has 1 saturated carbocycles. The summed E-state index contributed by atoms with van der Waals surface area (Å²) >= 11 is 0. The lowest BCUT2D eigenvalue weighted by Crippen LogP contribution is -2.45. The first kappa shape index (κ1) is 15.8. The number of carbonyl (C=O) groups is 2. The highest BCUT2D eigenvalue weighted by Gasteiger charge is 2.22. The maximum Gasteiger partial charge on any atom is 0.315 e. The van der Waals surface area contributed by atoms with Gasteiger partial charge in [-0.2, -0.15) is 0 Å². The molecule has 0 bridgehead atoms. The Kier molecular flexibility index (Phi) is 6.67. The number of nitrogens with one attached hydrogen (secondary N) is 2. The molecule has 110 valence electrons. The second-order valence-electron chi connectivity index (χ2n) is 5.56. The van der Waals surface area contributed by atoms with E-state index in [0.717, 1.165) is 6.42 Å². The number of carboxylic acids is 1. The molecule has 1 aliphatic carbocycles. The zero-order valence-electron chi connectivity index (χ0n) is 11.9. The summed E-state index contributed by atoms with van der Waals surface area (Å²) in [4.78, 5) is 22.4. The normalized spacial score (nSPS) is 18.8. The van der Waals surface area contributed by atoms with Crippen LogP contribution in [-0.4, -0.2) is 29.7 Å². The summed E-state index contributed by atoms with van der Waals surface area (Å²) in [5, 5.41) is 14.5. The van der Waals surface area contributed by atoms with Crippen LogP contribution in [0.3, 0.4) is 0 Å². The summed E-state index contributed by atoms with van der Waals surface area (Å²) in [5.41, 5.74) is 0. The van der Waals surface area contributed by atoms with E-state index in [2.05, 4.69) is 10.6 Å². The Hall–Kier alpha value is -1.26. The number of rotatable bonds is 7. The van der Waals surface area contributed by atoms with E-state index in [1.807, 2.05) is 13.8 Å². The molecule has 2 amide bonds. The number of urea groups is 1. The molecule has 0 aromatic rings. The molecule has 0 aliphatic heterocycles. The van der Waals surface area contributed by atoms with Crippen molar-refractivity contribution < 1.29 is 14.7 Å². The van der Waals surface area contributed by atoms with E-state index >= 15 is 0 Å². The molecule has 0 spiro atoms. The third kappa shape index (κ3) is 5.94. The van der Waals surface area contributed by atoms with Gasteiger partial charge in [0.2, 0.25) is 0 Å². The summed E-state index contributed by atoms with van der Waals surface area (Å²) in [6.45, 7) is 4.41. The van der Waals surface area contributed by atoms with Crippen molar-refractivity contribution in [1.29, 1.82) is 0 Å². The van der Waals surface area contributed by atoms with Crippen LogP contribution in [0, 0.1) is 11.8 Å². The second-order valence-corrected chi connectivity index (χ2v) is 5.56. The van der Waals surface area contributed by atoms with Crippen LogP contribution in [-0.2, 0) is 4.79 Å². The monoisotopic (exact) mass is 270 g/mol. The lowest BCUT2D eigenvalue weighted by molar-refractivity contribution is -0.138. The number of hydrogen-bond acceptors (Lipinski definition) is 2. The maximum atomic E-state index is 11.7. The Morgan fingerprint density at radius 2 is 1.95 bits per heavy atom. The van der Waals surface area contributed by atoms with Gasteiger partial charge in [0.15, 0.2) is 0 Å². The molecule has 0 aromatic carbocycles. The van der Waals surface area contributed by atoms with Crippen LogP contribution < -0.4 is 10.6 Å². The molecule has 1 rings (SSSR count). The molecule has 0 radical (unpaired) electrons. The fourth-order valence-corrected chi connectivity index (χ4v) is 2.68. The molecule has 19 heavy (non-hydrogen) atoms. The van der Waals surface area contributed by atoms with Crippen LogP contribution in [0.25, 0.3) is 0 Å². The van der Waals surface area contributed by atoms with E-state index in [0.29, 0.717) is 12.5 Å². The summed E-state index contributed by atoms with van der Waals surface area (Å²) in [5.74, 6) is -0.217. The van der Waals surface area contributed by atoms with Crippen molar-refractivity contribution >= 4 is 12.0 Å². The summed E-state index contributed by atoms with van der Waals surface area (Å²) in [6, 6.07) is 0.0188. The van der Waals surface area contributed by atoms with E-state index in [1.54, 1.807) is 0 Å². The number of aliphatic carboxylic acids is 1. The molecule has 0 saturated heterocycles. The topological polar surface area (TPSA) is 78.4 Å². The van der Waals surface area contributed by atoms with E-state index in [4.69, 9.17) is 5.11 Å². The van der Waals surface area contributed by atoms with Crippen molar-refractivity contribution in [2.45, 2.75) is 58.4 Å². The third-order valence-electron chi connectivity index (χ3n) is 4.06. The molecule has 2 unspecified atom stereocenters. The van der Waals surface area contributed by atoms with Crippen LogP contribution in [0.15, 0.2) is 0 Å². The minimum atomic E-state index is -0.812. The molecule has 3 N–H and O–H groups in total. The van der Waals surface area contributed by atoms with Gasteiger partial charge in [-0.1, -0.05) is 26.2 Å². The Labute approximate surface area is 115 Å². The SMILES string of the molecule is CCC(CNC(=O)NC(C)C1CCCC1)CC(=O)O. The molecule has 5 nitrogen and oxygen atoms in total. The van der Waals surface area contributed by atoms with Gasteiger partial charge in [0.1, 0.15) is 0 Å². The summed E-state index contributed by atoms with van der Waals surface area (Å²) in [6.07, 6.45) is 5.76. The van der Waals surface area contributed by atoms with E-state index in [-0.39, 0.29) is 24.4 Å². The van der Waals surface area contributed by atoms with Crippen molar-refractivity contribution in [1.82, 2.24) is 10.6 Å². The van der Waals surface area contributed by atoms with Crippen molar-refractivity contribution in [3.05, 3.63) is 0 Å². The summed E-state index contributed by atoms with van der Waals surface area (Å²) in [7, 11) is 0. The van der Waals surface area contributed by atoms with Crippen LogP contribution in [0.2, 0.25) is 0 Å². The maximum absolute atomic E-state index is 11.7. The molecule has 1 aliphatic rings. The lowest BCUT2D eigenvalue weighted by atomic mass is 10.00. The van der Waals surface area contributed by atoms with Crippen LogP contribution >= 0.6 is 0 Å². The van der Waals surface area contributed by atoms with Crippen molar-refractivity contribution in [3.8, 4) is 0 Å². The van der Waals surface area contributed by atoms with Gasteiger partial charge in [-0.3, -0.25) is 4.79 Å². The first-order valence-electron chi connectivity index (χ1n) is 7.29. The minimum Gasteiger partial charge on any atom is -0.481 e. The smallest absolute Gasteiger partial charge is 0.315 e. The predicted octanol–water partition coefficient (Wildman–Crippen LogP) is 2.37. The van der Waals surface area contributed by atoms with E-state index in [9.17, 15) is 9.59 Å². The fourth-order valence-electron chi connectivity index (χ4n) is 2.68. The Morgan fingerprint density at radius 1 is 1.32 bits per heavy atom. The quantitative estimate of drug-likeness (QED) is 0.664. The van der Waals surface area contributed by atoms with Gasteiger partial charge in [-0.15, -0.1) is 0 Å². The van der Waals surface area contributed by atoms with Crippen LogP contribution in [0.5, 0.6) is 0 Å². The molecular weight excluding hydrogens is 244 g/mol. The molecular formula is C14H26N2O3. The number of carbonyl (C=O) groups excluding carboxylic acids is 1. The van der Waals surface area contributed by atoms with Crippen molar-refractivity contribution in [2.24, 2.45) is 11.8 Å². The zero-order valence-corrected chi connectivity index (χ0v) is 11.9. The number of hydrogen-bond donors (Lipinski definition) is 3. The Bertz CT molecular complexity index is 301. The Morgan fingerprint density at radius 3 is 2.47 bits per heavy atom. The number of amides is 2. The predicted molar refractivity (Wildman–Crippen MR) is 74.0 cm³/mol. The average molecular weight is 270 g/mol. The van der Waals surface area contributed by atoms with Gasteiger partial charge in [0.05, 0.1) is 0 Å². The minimum absolute atomic E-state index is 0.00466. The highest BCUT2D eigenvalue weighted by atomic mass is 16.4. The molecule has 0 aromatic heterocycles. The first-order valence-corrected chi connectivity index (χ1v) is 7.29. The van der Waals surface area contributed by atoms with Gasteiger partial charge in [0.25, 0.3) is 0 Å². The molecule has 5 heteroatoms. The van der Waals surface area contributed by atoms with Gasteiger partial charge in [-0.05, 0) is 31.6 Å². The van der Waals surface area contributed by atoms with Crippen LogP contribution in [0.1, 0.15) is 52.4 Å². The standard InChI is InChI=1S/C14H26N2O3/c1-3-11(8-13(17)18)9-15-14(19)16-10(2)12-6-4-5-7-12/h10-12H,3-9H2,1-2H3,(H,17,18)(H2,15,16,19). The van der Waals surface area contributed by atoms with Crippen molar-refractivity contribution in [3.63, 3.8) is 0 Å². The lowest BCUT2D eigenvalue weighted by Gasteiger charge is -2.21. The third-order valence-corrected chi connectivity index (χ3v) is 4.06. The van der Waals surface area contributed by atoms with Crippen molar-refractivity contribution in [2.75, 3.05) is 6.54 Å². The van der Waals surface area contributed by atoms with E-state index < -0.39 is 5.97 Å². The molecule has 0 heterocycles. The molecule has 1 fully saturated rings. The second kappa shape index (κ2) is 8.02. The fraction of sp³-hybridized carbons (Fsp3) is 0.857. The van der Waals surface area contributed by atoms with Gasteiger partial charge in [0, 0.05) is 19.0 Å². The van der Waals surface area contributed by atoms with Gasteiger partial charge < -0.3 is 15.7 Å². The largest absolute Gasteiger partial charge is 0.481 e. The van der Waals surface area contributed by atoms with Gasteiger partial charge >= 0.3 is 12.0 Å². The summed E-state index contributed by atoms with van der Waals surface area (Å²) < 4.78 is 0. The van der Waals surface area contributed by atoms with Gasteiger partial charge in [-0.25, -0.2) is 4.79 Å². The van der Waals surface area contributed by atoms with E-state index in [1.165, 1.54) is 25.7 Å². The first-order chi connectivity index (χ1) is 9.02.